The predicted octanol–water partition coefficient (Wildman–Crippen LogP) is 4.21. The number of esters is 1. The number of nitrogens with one attached hydrogen (secondary N) is 1. The van der Waals surface area contributed by atoms with Crippen molar-refractivity contribution in [1.82, 2.24) is 4.72 Å². The van der Waals surface area contributed by atoms with Crippen molar-refractivity contribution in [3.8, 4) is 5.75 Å². The average molecular weight is 352 g/mol. The fourth-order valence-electron chi connectivity index (χ4n) is 3.00. The summed E-state index contributed by atoms with van der Waals surface area (Å²) in [5, 5.41) is 0. The third-order valence-corrected chi connectivity index (χ3v) is 6.15. The first-order valence-electron chi connectivity index (χ1n) is 8.78. The summed E-state index contributed by atoms with van der Waals surface area (Å²) in [6.07, 6.45) is 5.65. The SMILES string of the molecule is CCC(=O)Oc1cccc(C2(NS(=O)C(C)(C)C)CCCCC2)c1. The summed E-state index contributed by atoms with van der Waals surface area (Å²) in [6, 6.07) is 7.67. The van der Waals surface area contributed by atoms with E-state index in [4.69, 9.17) is 4.74 Å². The van der Waals surface area contributed by atoms with Crippen LogP contribution >= 0.6 is 0 Å². The largest absolute Gasteiger partial charge is 0.427 e. The fourth-order valence-corrected chi connectivity index (χ4v) is 3.98. The van der Waals surface area contributed by atoms with Gasteiger partial charge in [0.25, 0.3) is 0 Å². The van der Waals surface area contributed by atoms with Gasteiger partial charge in [-0.05, 0) is 51.3 Å². The Morgan fingerprint density at radius 1 is 1.25 bits per heavy atom. The summed E-state index contributed by atoms with van der Waals surface area (Å²) < 4.78 is 21.2. The van der Waals surface area contributed by atoms with Crippen LogP contribution in [0, 0.1) is 0 Å². The van der Waals surface area contributed by atoms with Gasteiger partial charge in [-0.15, -0.1) is 0 Å². The summed E-state index contributed by atoms with van der Waals surface area (Å²) in [5.41, 5.74) is 0.742. The monoisotopic (exact) mass is 351 g/mol. The molecule has 1 atom stereocenters. The molecule has 5 heteroatoms. The molecule has 0 amide bonds. The number of hydrogen-bond acceptors (Lipinski definition) is 3. The van der Waals surface area contributed by atoms with Crippen LogP contribution in [0.4, 0.5) is 0 Å². The van der Waals surface area contributed by atoms with Crippen LogP contribution < -0.4 is 9.46 Å². The number of ether oxygens (including phenoxy) is 1. The molecule has 0 saturated heterocycles. The highest BCUT2D eigenvalue weighted by molar-refractivity contribution is 7.84. The van der Waals surface area contributed by atoms with Crippen LogP contribution in [0.5, 0.6) is 5.75 Å². The van der Waals surface area contributed by atoms with Crippen LogP contribution in [0.15, 0.2) is 24.3 Å². The zero-order chi connectivity index (χ0) is 17.8. The Morgan fingerprint density at radius 2 is 1.92 bits per heavy atom. The molecule has 0 spiro atoms. The normalized spacial score (nSPS) is 18.8. The van der Waals surface area contributed by atoms with Crippen LogP contribution in [0.3, 0.4) is 0 Å². The fraction of sp³-hybridized carbons (Fsp3) is 0.632. The lowest BCUT2D eigenvalue weighted by molar-refractivity contribution is -0.134. The molecule has 1 aliphatic rings. The Hall–Kier alpha value is -1.20. The van der Waals surface area contributed by atoms with Crippen molar-refractivity contribution in [2.45, 2.75) is 76.5 Å². The Balaban J connectivity index is 2.32. The number of carbonyl (C=O) groups is 1. The van der Waals surface area contributed by atoms with E-state index in [1.165, 1.54) is 6.42 Å². The van der Waals surface area contributed by atoms with Gasteiger partial charge in [-0.1, -0.05) is 38.3 Å². The van der Waals surface area contributed by atoms with Gasteiger partial charge in [0.2, 0.25) is 0 Å². The molecule has 2 rings (SSSR count). The number of benzene rings is 1. The molecule has 1 saturated carbocycles. The van der Waals surface area contributed by atoms with Crippen molar-refractivity contribution < 1.29 is 13.7 Å². The maximum Gasteiger partial charge on any atom is 0.310 e. The lowest BCUT2D eigenvalue weighted by atomic mass is 9.77. The van der Waals surface area contributed by atoms with E-state index in [0.717, 1.165) is 31.2 Å². The first-order chi connectivity index (χ1) is 11.3. The minimum absolute atomic E-state index is 0.240. The Labute approximate surface area is 148 Å². The minimum atomic E-state index is -1.15. The van der Waals surface area contributed by atoms with Crippen molar-refractivity contribution in [1.29, 1.82) is 0 Å². The molecule has 4 nitrogen and oxygen atoms in total. The third-order valence-electron chi connectivity index (χ3n) is 4.46. The van der Waals surface area contributed by atoms with Crippen molar-refractivity contribution in [2.75, 3.05) is 0 Å². The van der Waals surface area contributed by atoms with Crippen LogP contribution in [0.25, 0.3) is 0 Å². The van der Waals surface area contributed by atoms with Crippen LogP contribution in [0.1, 0.15) is 71.8 Å². The van der Waals surface area contributed by atoms with Gasteiger partial charge in [-0.2, -0.15) is 0 Å². The predicted molar refractivity (Wildman–Crippen MR) is 98.2 cm³/mol. The topological polar surface area (TPSA) is 55.4 Å². The smallest absolute Gasteiger partial charge is 0.310 e. The van der Waals surface area contributed by atoms with E-state index in [2.05, 4.69) is 4.72 Å². The van der Waals surface area contributed by atoms with Gasteiger partial charge >= 0.3 is 5.97 Å². The average Bonchev–Trinajstić information content (AvgIpc) is 2.55. The minimum Gasteiger partial charge on any atom is -0.427 e. The first kappa shape index (κ1) is 19.1. The van der Waals surface area contributed by atoms with Crippen molar-refractivity contribution in [3.63, 3.8) is 0 Å². The summed E-state index contributed by atoms with van der Waals surface area (Å²) in [5.74, 6) is 0.323. The molecule has 0 aliphatic heterocycles. The van der Waals surface area contributed by atoms with E-state index < -0.39 is 11.0 Å². The zero-order valence-electron chi connectivity index (χ0n) is 15.2. The number of rotatable bonds is 5. The molecule has 1 aliphatic carbocycles. The second-order valence-corrected chi connectivity index (χ2v) is 9.45. The Morgan fingerprint density at radius 3 is 2.50 bits per heavy atom. The Bertz CT molecular complexity index is 601. The second kappa shape index (κ2) is 7.79. The lowest BCUT2D eigenvalue weighted by Gasteiger charge is -2.40. The highest BCUT2D eigenvalue weighted by atomic mass is 32.2. The first-order valence-corrected chi connectivity index (χ1v) is 9.93. The van der Waals surface area contributed by atoms with E-state index in [0.29, 0.717) is 12.2 Å². The Kier molecular flexibility index (Phi) is 6.21. The molecule has 0 aromatic heterocycles. The molecule has 0 bridgehead atoms. The van der Waals surface area contributed by atoms with E-state index >= 15 is 0 Å². The molecule has 24 heavy (non-hydrogen) atoms. The van der Waals surface area contributed by atoms with E-state index in [9.17, 15) is 9.00 Å². The molecule has 1 aromatic carbocycles. The summed E-state index contributed by atoms with van der Waals surface area (Å²) in [4.78, 5) is 11.6. The van der Waals surface area contributed by atoms with Gasteiger partial charge in [0.1, 0.15) is 5.75 Å². The maximum absolute atomic E-state index is 12.7. The molecular formula is C19H29NO3S. The van der Waals surface area contributed by atoms with Crippen LogP contribution in [-0.2, 0) is 21.3 Å². The van der Waals surface area contributed by atoms with Crippen molar-refractivity contribution in [3.05, 3.63) is 29.8 Å². The van der Waals surface area contributed by atoms with Gasteiger partial charge in [0.15, 0.2) is 0 Å². The molecule has 0 heterocycles. The molecule has 1 N–H and O–H groups in total. The number of carbonyl (C=O) groups excluding carboxylic acids is 1. The molecule has 1 aromatic rings. The summed E-state index contributed by atoms with van der Waals surface area (Å²) in [7, 11) is -1.15. The molecule has 134 valence electrons. The van der Waals surface area contributed by atoms with E-state index in [1.54, 1.807) is 13.0 Å². The number of hydrogen-bond donors (Lipinski definition) is 1. The summed E-state index contributed by atoms with van der Waals surface area (Å²) >= 11 is 0. The molecule has 0 radical (unpaired) electrons. The van der Waals surface area contributed by atoms with Crippen molar-refractivity contribution >= 4 is 17.0 Å². The van der Waals surface area contributed by atoms with Gasteiger partial charge < -0.3 is 4.74 Å². The molecule has 1 fully saturated rings. The van der Waals surface area contributed by atoms with Crippen molar-refractivity contribution in [2.24, 2.45) is 0 Å². The van der Waals surface area contributed by atoms with Crippen LogP contribution in [0.2, 0.25) is 0 Å². The van der Waals surface area contributed by atoms with Gasteiger partial charge in [0.05, 0.1) is 21.3 Å². The van der Waals surface area contributed by atoms with Gasteiger partial charge in [-0.25, -0.2) is 8.93 Å². The van der Waals surface area contributed by atoms with Gasteiger partial charge in [0, 0.05) is 6.42 Å². The second-order valence-electron chi connectivity index (χ2n) is 7.48. The van der Waals surface area contributed by atoms with E-state index in [1.807, 2.05) is 39.0 Å². The third kappa shape index (κ3) is 4.67. The maximum atomic E-state index is 12.7. The molecular weight excluding hydrogens is 322 g/mol. The summed E-state index contributed by atoms with van der Waals surface area (Å²) in [6.45, 7) is 7.72. The standard InChI is InChI=1S/C19H29NO3S/c1-5-17(21)23-16-11-9-10-15(14-16)19(12-7-6-8-13-19)20-24(22)18(2,3)4/h9-11,14,20H,5-8,12-13H2,1-4H3. The highest BCUT2D eigenvalue weighted by Gasteiger charge is 2.37. The van der Waals surface area contributed by atoms with Gasteiger partial charge in [-0.3, -0.25) is 4.79 Å². The van der Waals surface area contributed by atoms with E-state index in [-0.39, 0.29) is 16.3 Å². The quantitative estimate of drug-likeness (QED) is 0.638. The van der Waals surface area contributed by atoms with Crippen LogP contribution in [-0.4, -0.2) is 14.9 Å². The lowest BCUT2D eigenvalue weighted by Crippen LogP contribution is -2.49. The highest BCUT2D eigenvalue weighted by Crippen LogP contribution is 2.39. The zero-order valence-corrected chi connectivity index (χ0v) is 16.0. The molecule has 1 unspecified atom stereocenters.